The van der Waals surface area contributed by atoms with Gasteiger partial charge in [-0.05, 0) is 57.1 Å². The van der Waals surface area contributed by atoms with Gasteiger partial charge in [-0.15, -0.1) is 0 Å². The van der Waals surface area contributed by atoms with Crippen molar-refractivity contribution in [1.29, 1.82) is 0 Å². The van der Waals surface area contributed by atoms with Crippen molar-refractivity contribution < 1.29 is 14.0 Å². The number of para-hydroxylation sites is 1. The van der Waals surface area contributed by atoms with E-state index >= 15 is 0 Å². The lowest BCUT2D eigenvalue weighted by Crippen LogP contribution is -2.42. The maximum Gasteiger partial charge on any atom is 0.267 e. The summed E-state index contributed by atoms with van der Waals surface area (Å²) >= 11 is 0. The van der Waals surface area contributed by atoms with Crippen LogP contribution in [-0.2, 0) is 9.59 Å². The number of hydrogen-bond acceptors (Lipinski definition) is 6. The molecule has 3 heterocycles. The lowest BCUT2D eigenvalue weighted by atomic mass is 10.1. The fourth-order valence-corrected chi connectivity index (χ4v) is 4.19. The van der Waals surface area contributed by atoms with Crippen LogP contribution in [0.2, 0.25) is 0 Å². The average Bonchev–Trinajstić information content (AvgIpc) is 3.46. The minimum atomic E-state index is -0.448. The summed E-state index contributed by atoms with van der Waals surface area (Å²) in [6.07, 6.45) is 5.54. The third-order valence-corrected chi connectivity index (χ3v) is 5.82. The van der Waals surface area contributed by atoms with Gasteiger partial charge in [0.15, 0.2) is 5.78 Å². The molecule has 4 rings (SSSR count). The number of nitrogens with one attached hydrogen (secondary N) is 1. The maximum absolute atomic E-state index is 12.9. The lowest BCUT2D eigenvalue weighted by molar-refractivity contribution is -0.118. The number of carbonyl (C=O) groups excluding carboxylic acids is 2. The largest absolute Gasteiger partial charge is 0.468 e. The number of Topliss-reactive ketones (excluding diaryl/α,β-unsaturated/α-hetero) is 1. The molecule has 0 bridgehead atoms. The van der Waals surface area contributed by atoms with Crippen molar-refractivity contribution in [1.82, 2.24) is 10.2 Å². The number of furan rings is 1. The first kappa shape index (κ1) is 20.3. The molecule has 7 heteroatoms. The number of benzene rings is 1. The molecular weight excluding hydrogens is 380 g/mol. The normalized spacial score (nSPS) is 20.6. The Morgan fingerprint density at radius 3 is 2.57 bits per heavy atom. The highest BCUT2D eigenvalue weighted by atomic mass is 16.3. The van der Waals surface area contributed by atoms with Crippen LogP contribution in [0, 0.1) is 0 Å². The SMILES string of the molecule is CC(=O)[C@H]1CC(C(=O)NC[C@H](c2ccco2)N2CCCCC2)=NN1c1ccccc1. The molecule has 1 fully saturated rings. The van der Waals surface area contributed by atoms with E-state index in [1.165, 1.54) is 6.42 Å². The molecule has 0 unspecified atom stereocenters. The van der Waals surface area contributed by atoms with Crippen molar-refractivity contribution in [2.24, 2.45) is 5.10 Å². The molecule has 2 atom stereocenters. The first-order valence-electron chi connectivity index (χ1n) is 10.6. The maximum atomic E-state index is 12.9. The third-order valence-electron chi connectivity index (χ3n) is 5.82. The van der Waals surface area contributed by atoms with E-state index in [1.54, 1.807) is 18.2 Å². The number of hydrogen-bond donors (Lipinski definition) is 1. The van der Waals surface area contributed by atoms with Crippen LogP contribution in [0.15, 0.2) is 58.2 Å². The van der Waals surface area contributed by atoms with Gasteiger partial charge in [-0.25, -0.2) is 0 Å². The van der Waals surface area contributed by atoms with Gasteiger partial charge in [0.1, 0.15) is 17.5 Å². The van der Waals surface area contributed by atoms with Crippen LogP contribution in [0.1, 0.15) is 44.4 Å². The highest BCUT2D eigenvalue weighted by Crippen LogP contribution is 2.26. The van der Waals surface area contributed by atoms with Gasteiger partial charge in [0.05, 0.1) is 18.0 Å². The molecule has 1 aromatic heterocycles. The summed E-state index contributed by atoms with van der Waals surface area (Å²) in [4.78, 5) is 27.4. The second-order valence-corrected chi connectivity index (χ2v) is 7.90. The number of anilines is 1. The Balaban J connectivity index is 1.46. The summed E-state index contributed by atoms with van der Waals surface area (Å²) in [5, 5.41) is 9.19. The molecule has 158 valence electrons. The molecular formula is C23H28N4O3. The molecule has 0 radical (unpaired) electrons. The zero-order chi connectivity index (χ0) is 20.9. The molecule has 30 heavy (non-hydrogen) atoms. The van der Waals surface area contributed by atoms with Gasteiger partial charge in [-0.2, -0.15) is 5.10 Å². The molecule has 0 saturated carbocycles. The monoisotopic (exact) mass is 408 g/mol. The van der Waals surface area contributed by atoms with Crippen LogP contribution in [-0.4, -0.2) is 48.0 Å². The van der Waals surface area contributed by atoms with Crippen LogP contribution in [0.5, 0.6) is 0 Å². The molecule has 2 aromatic rings. The predicted octanol–water partition coefficient (Wildman–Crippen LogP) is 3.15. The molecule has 0 spiro atoms. The summed E-state index contributed by atoms with van der Waals surface area (Å²) in [5.41, 5.74) is 1.19. The summed E-state index contributed by atoms with van der Waals surface area (Å²) in [5.74, 6) is 0.624. The average molecular weight is 409 g/mol. The molecule has 7 nitrogen and oxygen atoms in total. The predicted molar refractivity (Wildman–Crippen MR) is 115 cm³/mol. The molecule has 1 N–H and O–H groups in total. The van der Waals surface area contributed by atoms with E-state index in [-0.39, 0.29) is 17.7 Å². The quantitative estimate of drug-likeness (QED) is 0.762. The van der Waals surface area contributed by atoms with E-state index in [9.17, 15) is 9.59 Å². The summed E-state index contributed by atoms with van der Waals surface area (Å²) < 4.78 is 5.65. The van der Waals surface area contributed by atoms with Gasteiger partial charge in [0.25, 0.3) is 5.91 Å². The Morgan fingerprint density at radius 1 is 1.13 bits per heavy atom. The molecule has 2 aliphatic heterocycles. The Kier molecular flexibility index (Phi) is 6.28. The van der Waals surface area contributed by atoms with Gasteiger partial charge in [0.2, 0.25) is 0 Å². The number of piperidine rings is 1. The number of carbonyl (C=O) groups is 2. The topological polar surface area (TPSA) is 78.1 Å². The molecule has 1 saturated heterocycles. The highest BCUT2D eigenvalue weighted by molar-refractivity contribution is 6.40. The van der Waals surface area contributed by atoms with E-state index in [0.29, 0.717) is 18.7 Å². The van der Waals surface area contributed by atoms with Gasteiger partial charge in [-0.1, -0.05) is 24.6 Å². The first-order valence-corrected chi connectivity index (χ1v) is 10.6. The van der Waals surface area contributed by atoms with Crippen molar-refractivity contribution in [3.05, 3.63) is 54.5 Å². The van der Waals surface area contributed by atoms with Crippen LogP contribution in [0.4, 0.5) is 5.69 Å². The second kappa shape index (κ2) is 9.26. The zero-order valence-corrected chi connectivity index (χ0v) is 17.3. The molecule has 2 aliphatic rings. The second-order valence-electron chi connectivity index (χ2n) is 7.90. The fraction of sp³-hybridized carbons (Fsp3) is 0.435. The summed E-state index contributed by atoms with van der Waals surface area (Å²) in [6, 6.07) is 12.9. The smallest absolute Gasteiger partial charge is 0.267 e. The van der Waals surface area contributed by atoms with E-state index in [1.807, 2.05) is 42.5 Å². The molecule has 0 aliphatic carbocycles. The third kappa shape index (κ3) is 4.46. The van der Waals surface area contributed by atoms with E-state index < -0.39 is 6.04 Å². The lowest BCUT2D eigenvalue weighted by Gasteiger charge is -2.33. The summed E-state index contributed by atoms with van der Waals surface area (Å²) in [7, 11) is 0. The zero-order valence-electron chi connectivity index (χ0n) is 17.3. The van der Waals surface area contributed by atoms with Crippen LogP contribution in [0.3, 0.4) is 0 Å². The van der Waals surface area contributed by atoms with Crippen molar-refractivity contribution >= 4 is 23.1 Å². The van der Waals surface area contributed by atoms with Gasteiger partial charge in [-0.3, -0.25) is 19.5 Å². The van der Waals surface area contributed by atoms with Gasteiger partial charge >= 0.3 is 0 Å². The van der Waals surface area contributed by atoms with Crippen molar-refractivity contribution in [3.8, 4) is 0 Å². The minimum Gasteiger partial charge on any atom is -0.468 e. The Labute approximate surface area is 176 Å². The highest BCUT2D eigenvalue weighted by Gasteiger charge is 2.34. The molecule has 1 aromatic carbocycles. The number of amides is 1. The first-order chi connectivity index (χ1) is 14.6. The van der Waals surface area contributed by atoms with Crippen molar-refractivity contribution in [3.63, 3.8) is 0 Å². The number of hydrazone groups is 1. The van der Waals surface area contributed by atoms with Crippen molar-refractivity contribution in [2.45, 2.75) is 44.7 Å². The Hall–Kier alpha value is -2.93. The van der Waals surface area contributed by atoms with E-state index in [4.69, 9.17) is 4.42 Å². The number of nitrogens with zero attached hydrogens (tertiary/aromatic N) is 3. The van der Waals surface area contributed by atoms with Crippen LogP contribution < -0.4 is 10.3 Å². The number of ketones is 1. The number of rotatable bonds is 7. The Morgan fingerprint density at radius 2 is 1.90 bits per heavy atom. The van der Waals surface area contributed by atoms with Gasteiger partial charge in [0, 0.05) is 13.0 Å². The molecule has 1 amide bonds. The van der Waals surface area contributed by atoms with Crippen LogP contribution >= 0.6 is 0 Å². The summed E-state index contributed by atoms with van der Waals surface area (Å²) in [6.45, 7) is 3.98. The van der Waals surface area contributed by atoms with E-state index in [0.717, 1.165) is 37.4 Å². The van der Waals surface area contributed by atoms with E-state index in [2.05, 4.69) is 15.3 Å². The minimum absolute atomic E-state index is 0.0000773. The Bertz CT molecular complexity index is 888. The number of likely N-dealkylation sites (tertiary alicyclic amines) is 1. The van der Waals surface area contributed by atoms with Crippen LogP contribution in [0.25, 0.3) is 0 Å². The van der Waals surface area contributed by atoms with Crippen molar-refractivity contribution in [2.75, 3.05) is 24.6 Å². The fourth-order valence-electron chi connectivity index (χ4n) is 4.19. The standard InChI is InChI=1S/C23H28N4O3/c1-17(28)20-15-19(25-27(20)18-9-4-2-5-10-18)23(29)24-16-21(22-11-8-14-30-22)26-12-6-3-7-13-26/h2,4-5,8-11,14,20-21H,3,6-7,12-13,15-16H2,1H3,(H,24,29)/t20-,21-/m1/s1. The van der Waals surface area contributed by atoms with Gasteiger partial charge < -0.3 is 9.73 Å².